The van der Waals surface area contributed by atoms with Crippen LogP contribution in [0, 0.1) is 5.82 Å². The van der Waals surface area contributed by atoms with Gasteiger partial charge < -0.3 is 19.1 Å². The molecule has 3 N–H and O–H groups in total. The fourth-order valence-electron chi connectivity index (χ4n) is 4.00. The number of aliphatic hydroxyl groups is 1. The number of halogens is 2. The van der Waals surface area contributed by atoms with Gasteiger partial charge in [0.05, 0.1) is 6.61 Å². The van der Waals surface area contributed by atoms with Gasteiger partial charge >= 0.3 is 19.4 Å². The number of alkyl halides is 1. The highest BCUT2D eigenvalue weighted by Crippen LogP contribution is 2.47. The van der Waals surface area contributed by atoms with Gasteiger partial charge in [0.1, 0.15) is 36.4 Å². The third-order valence-electron chi connectivity index (χ3n) is 6.20. The smallest absolute Gasteiger partial charge is 0.459 e. The van der Waals surface area contributed by atoms with Crippen molar-refractivity contribution in [2.24, 2.45) is 0 Å². The van der Waals surface area contributed by atoms with E-state index in [0.29, 0.717) is 5.56 Å². The molecular weight excluding hydrogens is 567 g/mol. The van der Waals surface area contributed by atoms with Crippen LogP contribution in [0.15, 0.2) is 76.4 Å². The van der Waals surface area contributed by atoms with Crippen LogP contribution in [0.2, 0.25) is 0 Å². The Labute approximate surface area is 232 Å². The second kappa shape index (κ2) is 12.5. The van der Waals surface area contributed by atoms with Crippen LogP contribution < -0.4 is 20.9 Å². The van der Waals surface area contributed by atoms with Crippen molar-refractivity contribution in [3.8, 4) is 5.75 Å². The predicted molar refractivity (Wildman–Crippen MR) is 140 cm³/mol. The molecule has 1 unspecified atom stereocenters. The molecule has 12 nitrogen and oxygen atoms in total. The molecule has 4 rings (SSSR count). The molecule has 0 spiro atoms. The molecule has 1 aliphatic heterocycles. The SMILES string of the molecule is C[C@H](NP(=O)(OC[C@H]1O[C@@H](n2ccc(=O)[nH]c2=O)[C@](C)(F)[C@@H]1O)Oc1ccc(F)cc1)C(=O)OCc1ccccc1. The van der Waals surface area contributed by atoms with Crippen LogP contribution in [-0.4, -0.2) is 51.2 Å². The maximum Gasteiger partial charge on any atom is 0.459 e. The molecule has 1 saturated heterocycles. The van der Waals surface area contributed by atoms with Gasteiger partial charge in [0.15, 0.2) is 11.9 Å². The predicted octanol–water partition coefficient (Wildman–Crippen LogP) is 2.59. The number of ether oxygens (including phenoxy) is 2. The molecule has 1 fully saturated rings. The lowest BCUT2D eigenvalue weighted by atomic mass is 9.98. The Morgan fingerprint density at radius 1 is 1.20 bits per heavy atom. The Morgan fingerprint density at radius 2 is 1.88 bits per heavy atom. The fraction of sp³-hybridized carbons (Fsp3) is 0.346. The number of benzene rings is 2. The van der Waals surface area contributed by atoms with E-state index in [9.17, 15) is 28.4 Å². The van der Waals surface area contributed by atoms with Gasteiger partial charge in [-0.25, -0.2) is 18.1 Å². The van der Waals surface area contributed by atoms with Crippen LogP contribution in [0.3, 0.4) is 0 Å². The van der Waals surface area contributed by atoms with E-state index in [1.54, 1.807) is 30.3 Å². The molecule has 6 atom stereocenters. The number of nitrogens with zero attached hydrogens (tertiary/aromatic N) is 1. The number of carbonyl (C=O) groups is 1. The average molecular weight is 595 g/mol. The van der Waals surface area contributed by atoms with Crippen molar-refractivity contribution in [2.45, 2.75) is 50.6 Å². The fourth-order valence-corrected chi connectivity index (χ4v) is 5.50. The maximum atomic E-state index is 15.5. The van der Waals surface area contributed by atoms with Crippen molar-refractivity contribution in [3.63, 3.8) is 0 Å². The standard InChI is InChI=1S/C26H28F2N3O9P/c1-16(23(34)37-14-17-6-4-3-5-7-17)30-41(36,40-19-10-8-18(27)9-11-19)38-15-20-22(33)26(2,28)24(39-20)31-13-12-21(32)29-25(31)35/h3-13,16,20,22,24,33H,14-15H2,1-2H3,(H,30,36)(H,29,32,35)/t16-,20+,22+,24+,26+,41?/m0/s1. The number of hydrogen-bond acceptors (Lipinski definition) is 9. The number of rotatable bonds is 11. The topological polar surface area (TPSA) is 158 Å². The van der Waals surface area contributed by atoms with E-state index in [0.717, 1.165) is 35.9 Å². The highest BCUT2D eigenvalue weighted by atomic mass is 31.2. The lowest BCUT2D eigenvalue weighted by Crippen LogP contribution is -2.43. The molecule has 2 heterocycles. The van der Waals surface area contributed by atoms with Crippen molar-refractivity contribution in [1.82, 2.24) is 14.6 Å². The Morgan fingerprint density at radius 3 is 2.54 bits per heavy atom. The van der Waals surface area contributed by atoms with Crippen LogP contribution in [-0.2, 0) is 30.0 Å². The lowest BCUT2D eigenvalue weighted by Gasteiger charge is -2.25. The highest BCUT2D eigenvalue weighted by molar-refractivity contribution is 7.52. The molecule has 41 heavy (non-hydrogen) atoms. The quantitative estimate of drug-likeness (QED) is 0.222. The van der Waals surface area contributed by atoms with Crippen molar-refractivity contribution in [1.29, 1.82) is 0 Å². The molecule has 0 bridgehead atoms. The van der Waals surface area contributed by atoms with E-state index in [1.807, 2.05) is 4.98 Å². The van der Waals surface area contributed by atoms with Gasteiger partial charge in [-0.2, -0.15) is 5.09 Å². The van der Waals surface area contributed by atoms with Crippen molar-refractivity contribution < 1.29 is 41.8 Å². The number of esters is 1. The molecular formula is C26H28F2N3O9P. The van der Waals surface area contributed by atoms with Gasteiger partial charge in [-0.05, 0) is 43.7 Å². The first kappa shape index (κ1) is 30.3. The number of hydrogen-bond donors (Lipinski definition) is 3. The third-order valence-corrected chi connectivity index (χ3v) is 7.84. The summed E-state index contributed by atoms with van der Waals surface area (Å²) < 4.78 is 65.1. The van der Waals surface area contributed by atoms with Gasteiger partial charge in [0.2, 0.25) is 0 Å². The molecule has 1 aliphatic rings. The first-order valence-electron chi connectivity index (χ1n) is 12.4. The Balaban J connectivity index is 1.49. The van der Waals surface area contributed by atoms with E-state index >= 15 is 4.39 Å². The molecule has 1 aromatic heterocycles. The minimum Gasteiger partial charge on any atom is -0.460 e. The first-order valence-corrected chi connectivity index (χ1v) is 13.9. The zero-order valence-electron chi connectivity index (χ0n) is 21.9. The Bertz CT molecular complexity index is 1510. The van der Waals surface area contributed by atoms with Crippen LogP contribution >= 0.6 is 7.75 Å². The van der Waals surface area contributed by atoms with Crippen molar-refractivity contribution in [2.75, 3.05) is 6.61 Å². The number of nitrogens with one attached hydrogen (secondary N) is 2. The number of H-pyrrole nitrogens is 1. The summed E-state index contributed by atoms with van der Waals surface area (Å²) in [6.07, 6.45) is -4.01. The molecule has 0 aliphatic carbocycles. The normalized spacial score (nSPS) is 24.4. The Kier molecular flexibility index (Phi) is 9.20. The van der Waals surface area contributed by atoms with Crippen molar-refractivity contribution in [3.05, 3.63) is 99.1 Å². The van der Waals surface area contributed by atoms with Crippen LogP contribution in [0.25, 0.3) is 0 Å². The van der Waals surface area contributed by atoms with Gasteiger partial charge in [0, 0.05) is 12.3 Å². The molecule has 0 amide bonds. The second-order valence-corrected chi connectivity index (χ2v) is 11.1. The van der Waals surface area contributed by atoms with Gasteiger partial charge in [-0.15, -0.1) is 0 Å². The Hall–Kier alpha value is -3.68. The summed E-state index contributed by atoms with van der Waals surface area (Å²) in [7, 11) is -4.49. The van der Waals surface area contributed by atoms with Crippen LogP contribution in [0.4, 0.5) is 8.78 Å². The summed E-state index contributed by atoms with van der Waals surface area (Å²) in [5, 5.41) is 13.1. The van der Waals surface area contributed by atoms with E-state index in [-0.39, 0.29) is 12.4 Å². The van der Waals surface area contributed by atoms with E-state index in [2.05, 4.69) is 5.09 Å². The van der Waals surface area contributed by atoms with Gasteiger partial charge in [-0.3, -0.25) is 23.7 Å². The molecule has 15 heteroatoms. The molecule has 0 saturated carbocycles. The average Bonchev–Trinajstić information content (AvgIpc) is 3.16. The zero-order valence-corrected chi connectivity index (χ0v) is 22.8. The summed E-state index contributed by atoms with van der Waals surface area (Å²) in [4.78, 5) is 38.2. The van der Waals surface area contributed by atoms with Gasteiger partial charge in [0.25, 0.3) is 5.56 Å². The molecule has 2 aromatic carbocycles. The van der Waals surface area contributed by atoms with E-state index < -0.39 is 67.5 Å². The third kappa shape index (κ3) is 7.34. The number of aromatic amines is 1. The van der Waals surface area contributed by atoms with Gasteiger partial charge in [-0.1, -0.05) is 30.3 Å². The summed E-state index contributed by atoms with van der Waals surface area (Å²) in [5.41, 5.74) is -3.52. The van der Waals surface area contributed by atoms with E-state index in [4.69, 9.17) is 18.5 Å². The minimum absolute atomic E-state index is 0.0572. The lowest BCUT2D eigenvalue weighted by molar-refractivity contribution is -0.146. The monoisotopic (exact) mass is 595 g/mol. The number of aromatic nitrogens is 2. The summed E-state index contributed by atoms with van der Waals surface area (Å²) in [6.45, 7) is 1.54. The highest BCUT2D eigenvalue weighted by Gasteiger charge is 2.56. The first-order chi connectivity index (χ1) is 19.4. The number of aliphatic hydroxyl groups excluding tert-OH is 1. The molecule has 3 aromatic rings. The van der Waals surface area contributed by atoms with Crippen molar-refractivity contribution >= 4 is 13.7 Å². The largest absolute Gasteiger partial charge is 0.460 e. The van der Waals surface area contributed by atoms with Crippen LogP contribution in [0.1, 0.15) is 25.6 Å². The summed E-state index contributed by atoms with van der Waals surface area (Å²) in [5.74, 6) is -1.48. The second-order valence-electron chi connectivity index (χ2n) is 9.42. The minimum atomic E-state index is -4.49. The summed E-state index contributed by atoms with van der Waals surface area (Å²) >= 11 is 0. The summed E-state index contributed by atoms with van der Waals surface area (Å²) in [6, 6.07) is 13.0. The van der Waals surface area contributed by atoms with E-state index in [1.165, 1.54) is 19.1 Å². The zero-order chi connectivity index (χ0) is 29.8. The number of carbonyl (C=O) groups excluding carboxylic acids is 1. The van der Waals surface area contributed by atoms with Crippen LogP contribution in [0.5, 0.6) is 5.75 Å². The molecule has 220 valence electrons. The maximum absolute atomic E-state index is 15.5. The molecule has 0 radical (unpaired) electrons.